The molecule has 0 saturated heterocycles. The molecule has 2 rings (SSSR count). The maximum Gasteiger partial charge on any atom is 0.426 e. The predicted octanol–water partition coefficient (Wildman–Crippen LogP) is 2.27. The van der Waals surface area contributed by atoms with Crippen molar-refractivity contribution in [1.82, 2.24) is 16.2 Å². The number of amides is 3. The second-order valence-corrected chi connectivity index (χ2v) is 3.91. The third-order valence-corrected chi connectivity index (χ3v) is 2.29. The largest absolute Gasteiger partial charge is 0.748 e. The van der Waals surface area contributed by atoms with Crippen molar-refractivity contribution >= 4 is 12.1 Å². The normalized spacial score (nSPS) is 8.59. The molecular weight excluding hydrogens is 326 g/mol. The van der Waals surface area contributed by atoms with Crippen LogP contribution in [0.2, 0.25) is 0 Å². The minimum Gasteiger partial charge on any atom is -0.748 e. The van der Waals surface area contributed by atoms with Gasteiger partial charge in [-0.05, 0) is 13.5 Å². The molecular formula is C15H19FeN3O3-6. The van der Waals surface area contributed by atoms with Crippen molar-refractivity contribution in [2.75, 3.05) is 6.61 Å². The fourth-order valence-corrected chi connectivity index (χ4v) is 1.35. The van der Waals surface area contributed by atoms with E-state index in [-0.39, 0.29) is 23.7 Å². The van der Waals surface area contributed by atoms with Gasteiger partial charge < -0.3 is 40.4 Å². The number of nitrogens with one attached hydrogen (secondary N) is 3. The summed E-state index contributed by atoms with van der Waals surface area (Å²) >= 11 is 0. The van der Waals surface area contributed by atoms with Crippen molar-refractivity contribution in [2.45, 2.75) is 13.5 Å². The van der Waals surface area contributed by atoms with Crippen LogP contribution in [-0.4, -0.2) is 18.7 Å². The quantitative estimate of drug-likeness (QED) is 0.454. The summed E-state index contributed by atoms with van der Waals surface area (Å²) < 4.78 is 4.55. The fourth-order valence-electron chi connectivity index (χ4n) is 1.35. The van der Waals surface area contributed by atoms with Crippen LogP contribution in [0.3, 0.4) is 0 Å². The Morgan fingerprint density at radius 3 is 2.09 bits per heavy atom. The molecule has 0 aliphatic rings. The van der Waals surface area contributed by atoms with Gasteiger partial charge in [0.25, 0.3) is 0 Å². The molecule has 6 nitrogen and oxygen atoms in total. The first-order valence-corrected chi connectivity index (χ1v) is 6.56. The number of carbonyl (C=O) groups is 2. The molecule has 22 heavy (non-hydrogen) atoms. The van der Waals surface area contributed by atoms with Crippen LogP contribution in [0, 0.1) is 0 Å². The first-order chi connectivity index (χ1) is 10.2. The number of hydrogen-bond donors (Lipinski definition) is 3. The zero-order valence-electron chi connectivity index (χ0n) is 12.2. The average molecular weight is 345 g/mol. The summed E-state index contributed by atoms with van der Waals surface area (Å²) in [4.78, 5) is 22.0. The SMILES string of the molecule is CCOC(=O)NNC(=O)NC[c-]1cccc1.[Fe].[cH-]1[cH-][cH-][cH-][cH-]1. The maximum atomic E-state index is 11.2. The topological polar surface area (TPSA) is 79.5 Å². The second-order valence-electron chi connectivity index (χ2n) is 3.91. The van der Waals surface area contributed by atoms with Crippen molar-refractivity contribution in [1.29, 1.82) is 0 Å². The van der Waals surface area contributed by atoms with Gasteiger partial charge in [-0.2, -0.15) is 12.1 Å². The van der Waals surface area contributed by atoms with Gasteiger partial charge in [-0.15, -0.1) is 5.56 Å². The van der Waals surface area contributed by atoms with E-state index in [2.05, 4.69) is 20.9 Å². The molecule has 0 spiro atoms. The minimum absolute atomic E-state index is 0. The van der Waals surface area contributed by atoms with Gasteiger partial charge in [0.2, 0.25) is 0 Å². The maximum absolute atomic E-state index is 11.2. The van der Waals surface area contributed by atoms with E-state index in [1.54, 1.807) is 6.92 Å². The Kier molecular flexibility index (Phi) is 11.2. The number of carbonyl (C=O) groups excluding carboxylic acids is 2. The molecule has 0 heterocycles. The van der Waals surface area contributed by atoms with Crippen molar-refractivity contribution < 1.29 is 31.4 Å². The summed E-state index contributed by atoms with van der Waals surface area (Å²) in [5.41, 5.74) is 5.24. The van der Waals surface area contributed by atoms with Gasteiger partial charge in [-0.25, -0.2) is 32.6 Å². The van der Waals surface area contributed by atoms with E-state index in [4.69, 9.17) is 0 Å². The van der Waals surface area contributed by atoms with Crippen LogP contribution in [0.1, 0.15) is 12.5 Å². The molecule has 0 atom stereocenters. The summed E-state index contributed by atoms with van der Waals surface area (Å²) in [7, 11) is 0. The minimum atomic E-state index is -0.689. The Balaban J connectivity index is 0.000000622. The van der Waals surface area contributed by atoms with E-state index in [0.717, 1.165) is 5.56 Å². The first-order valence-electron chi connectivity index (χ1n) is 6.56. The molecule has 0 bridgehead atoms. The van der Waals surface area contributed by atoms with E-state index in [0.29, 0.717) is 6.54 Å². The summed E-state index contributed by atoms with van der Waals surface area (Å²) in [6, 6.07) is 17.0. The smallest absolute Gasteiger partial charge is 0.426 e. The molecule has 0 aromatic heterocycles. The second kappa shape index (κ2) is 12.5. The molecule has 0 saturated carbocycles. The molecule has 2 aromatic rings. The Morgan fingerprint density at radius 2 is 1.59 bits per heavy atom. The van der Waals surface area contributed by atoms with Crippen LogP contribution < -0.4 is 16.2 Å². The number of hydrogen-bond acceptors (Lipinski definition) is 3. The third-order valence-electron chi connectivity index (χ3n) is 2.29. The van der Waals surface area contributed by atoms with Crippen LogP contribution in [0.25, 0.3) is 0 Å². The summed E-state index contributed by atoms with van der Waals surface area (Å²) in [5.74, 6) is 0. The first kappa shape index (κ1) is 19.8. The summed E-state index contributed by atoms with van der Waals surface area (Å²) in [6.45, 7) is 2.33. The van der Waals surface area contributed by atoms with E-state index in [9.17, 15) is 9.59 Å². The molecule has 0 fully saturated rings. The molecule has 2 aromatic carbocycles. The van der Waals surface area contributed by atoms with Gasteiger partial charge >= 0.3 is 12.1 Å². The number of urea groups is 1. The number of hydrazine groups is 1. The number of ether oxygens (including phenoxy) is 1. The van der Waals surface area contributed by atoms with E-state index >= 15 is 0 Å². The van der Waals surface area contributed by atoms with Crippen LogP contribution in [0.15, 0.2) is 54.6 Å². The monoisotopic (exact) mass is 345 g/mol. The van der Waals surface area contributed by atoms with Crippen molar-refractivity contribution in [2.24, 2.45) is 0 Å². The van der Waals surface area contributed by atoms with Gasteiger partial charge in [-0.1, -0.05) is 0 Å². The van der Waals surface area contributed by atoms with Crippen LogP contribution in [-0.2, 0) is 28.4 Å². The van der Waals surface area contributed by atoms with Gasteiger partial charge in [0.15, 0.2) is 0 Å². The van der Waals surface area contributed by atoms with E-state index < -0.39 is 12.1 Å². The van der Waals surface area contributed by atoms with Crippen LogP contribution in [0.4, 0.5) is 9.59 Å². The molecule has 3 amide bonds. The zero-order chi connectivity index (χ0) is 15.3. The van der Waals surface area contributed by atoms with Crippen LogP contribution >= 0.6 is 0 Å². The molecule has 0 aliphatic carbocycles. The number of rotatable bonds is 3. The average Bonchev–Trinajstić information content (AvgIpc) is 3.18. The fraction of sp³-hybridized carbons (Fsp3) is 0.200. The van der Waals surface area contributed by atoms with Gasteiger partial charge in [0, 0.05) is 17.1 Å². The van der Waals surface area contributed by atoms with E-state index in [1.807, 2.05) is 54.6 Å². The van der Waals surface area contributed by atoms with Gasteiger partial charge in [-0.3, -0.25) is 0 Å². The van der Waals surface area contributed by atoms with Crippen molar-refractivity contribution in [3.63, 3.8) is 0 Å². The standard InChI is InChI=1S/C10H14N3O3.C5H5.Fe/c1-2-16-10(15)13-12-9(14)11-7-8-5-3-4-6-8;1-2-4-5-3-1;/h3-6H,2,7H2,1H3,(H,13,15)(H2,11,12,14);1-5H;/q-1;-5;. The summed E-state index contributed by atoms with van der Waals surface area (Å²) in [5, 5.41) is 2.56. The molecule has 0 aliphatic heterocycles. The van der Waals surface area contributed by atoms with Gasteiger partial charge in [0.05, 0.1) is 6.61 Å². The predicted molar refractivity (Wildman–Crippen MR) is 79.6 cm³/mol. The Hall–Kier alpha value is -2.24. The van der Waals surface area contributed by atoms with Crippen LogP contribution in [0.5, 0.6) is 0 Å². The molecule has 7 heteroatoms. The molecule has 126 valence electrons. The molecule has 0 radical (unpaired) electrons. The molecule has 0 unspecified atom stereocenters. The third kappa shape index (κ3) is 9.63. The Bertz CT molecular complexity index is 481. The van der Waals surface area contributed by atoms with Gasteiger partial charge in [0.1, 0.15) is 0 Å². The Labute approximate surface area is 140 Å². The molecule has 3 N–H and O–H groups in total. The van der Waals surface area contributed by atoms with Crippen molar-refractivity contribution in [3.05, 3.63) is 60.2 Å². The Morgan fingerprint density at radius 1 is 1.05 bits per heavy atom. The van der Waals surface area contributed by atoms with Crippen molar-refractivity contribution in [3.8, 4) is 0 Å². The zero-order valence-corrected chi connectivity index (χ0v) is 13.3. The van der Waals surface area contributed by atoms with E-state index in [1.165, 1.54) is 0 Å². The summed E-state index contributed by atoms with van der Waals surface area (Å²) in [6.07, 6.45) is -0.689.